The van der Waals surface area contributed by atoms with Crippen molar-refractivity contribution in [1.82, 2.24) is 0 Å². The fraction of sp³-hybridized carbons (Fsp3) is 0.900. The van der Waals surface area contributed by atoms with Crippen LogP contribution >= 0.6 is 0 Å². The zero-order valence-corrected chi connectivity index (χ0v) is 8.86. The molecule has 0 aromatic rings. The Morgan fingerprint density at radius 1 is 1.57 bits per heavy atom. The molecule has 0 radical (unpaired) electrons. The van der Waals surface area contributed by atoms with E-state index in [1.54, 1.807) is 0 Å². The molecule has 0 bridgehead atoms. The summed E-state index contributed by atoms with van der Waals surface area (Å²) in [5, 5.41) is 0. The van der Waals surface area contributed by atoms with Gasteiger partial charge in [-0.15, -0.1) is 0 Å². The number of carbonyl (C=O) groups excluding carboxylic acids is 1. The minimum atomic E-state index is -0.631. The van der Waals surface area contributed by atoms with E-state index < -0.39 is 6.04 Å². The number of rotatable bonds is 1. The molecule has 0 unspecified atom stereocenters. The average molecular weight is 201 g/mol. The third kappa shape index (κ3) is 2.96. The first-order valence-corrected chi connectivity index (χ1v) is 5.19. The van der Waals surface area contributed by atoms with Crippen molar-refractivity contribution in [2.24, 2.45) is 11.7 Å². The normalized spacial score (nSPS) is 35.4. The largest absolute Gasteiger partial charge is 0.461 e. The van der Waals surface area contributed by atoms with E-state index in [4.69, 9.17) is 15.2 Å². The molecule has 0 aromatic carbocycles. The lowest BCUT2D eigenvalue weighted by Gasteiger charge is -2.21. The van der Waals surface area contributed by atoms with Gasteiger partial charge in [-0.2, -0.15) is 0 Å². The Morgan fingerprint density at radius 3 is 2.93 bits per heavy atom. The van der Waals surface area contributed by atoms with Gasteiger partial charge in [0, 0.05) is 6.61 Å². The van der Waals surface area contributed by atoms with Crippen LogP contribution in [0.1, 0.15) is 26.7 Å². The van der Waals surface area contributed by atoms with Crippen molar-refractivity contribution in [3.63, 3.8) is 0 Å². The van der Waals surface area contributed by atoms with Crippen LogP contribution < -0.4 is 5.73 Å². The van der Waals surface area contributed by atoms with Crippen LogP contribution in [0.5, 0.6) is 0 Å². The predicted octanol–water partition coefficient (Wildman–Crippen LogP) is 0.692. The van der Waals surface area contributed by atoms with Crippen LogP contribution in [-0.2, 0) is 14.3 Å². The van der Waals surface area contributed by atoms with Crippen LogP contribution in [0.25, 0.3) is 0 Å². The third-order valence-electron chi connectivity index (χ3n) is 2.72. The molecule has 14 heavy (non-hydrogen) atoms. The maximum atomic E-state index is 11.4. The Morgan fingerprint density at radius 2 is 2.29 bits per heavy atom. The van der Waals surface area contributed by atoms with Gasteiger partial charge in [-0.25, -0.2) is 0 Å². The molecule has 0 amide bonds. The van der Waals surface area contributed by atoms with Crippen LogP contribution in [0.4, 0.5) is 0 Å². The SMILES string of the molecule is CC[C@@H]1CCOC[C@H](N)C(=O)O[C@H]1C. The van der Waals surface area contributed by atoms with Gasteiger partial charge in [-0.1, -0.05) is 6.92 Å². The van der Waals surface area contributed by atoms with E-state index in [1.165, 1.54) is 0 Å². The Bertz CT molecular complexity index is 196. The summed E-state index contributed by atoms with van der Waals surface area (Å²) in [5.41, 5.74) is 5.57. The lowest BCUT2D eigenvalue weighted by molar-refractivity contribution is -0.152. The van der Waals surface area contributed by atoms with Gasteiger partial charge in [0.2, 0.25) is 0 Å². The summed E-state index contributed by atoms with van der Waals surface area (Å²) in [7, 11) is 0. The van der Waals surface area contributed by atoms with Crippen LogP contribution in [0.3, 0.4) is 0 Å². The highest BCUT2D eigenvalue weighted by atomic mass is 16.5. The molecule has 2 N–H and O–H groups in total. The number of hydrogen-bond acceptors (Lipinski definition) is 4. The molecule has 4 nitrogen and oxygen atoms in total. The molecule has 1 aliphatic heterocycles. The number of hydrogen-bond donors (Lipinski definition) is 1. The van der Waals surface area contributed by atoms with Gasteiger partial charge < -0.3 is 15.2 Å². The van der Waals surface area contributed by atoms with Crippen molar-refractivity contribution < 1.29 is 14.3 Å². The first-order valence-electron chi connectivity index (χ1n) is 5.19. The summed E-state index contributed by atoms with van der Waals surface area (Å²) in [6, 6.07) is -0.631. The molecule has 0 aromatic heterocycles. The van der Waals surface area contributed by atoms with E-state index in [-0.39, 0.29) is 18.7 Å². The number of ether oxygens (including phenoxy) is 2. The third-order valence-corrected chi connectivity index (χ3v) is 2.72. The highest BCUT2D eigenvalue weighted by Crippen LogP contribution is 2.18. The maximum absolute atomic E-state index is 11.4. The Kier molecular flexibility index (Phi) is 4.35. The summed E-state index contributed by atoms with van der Waals surface area (Å²) in [6.45, 7) is 4.94. The van der Waals surface area contributed by atoms with E-state index in [0.29, 0.717) is 12.5 Å². The monoisotopic (exact) mass is 201 g/mol. The van der Waals surface area contributed by atoms with Gasteiger partial charge in [0.25, 0.3) is 0 Å². The lowest BCUT2D eigenvalue weighted by Crippen LogP contribution is -2.38. The number of nitrogens with two attached hydrogens (primary N) is 1. The minimum Gasteiger partial charge on any atom is -0.461 e. The Labute approximate surface area is 84.7 Å². The standard InChI is InChI=1S/C10H19NO3/c1-3-8-4-5-13-6-9(11)10(12)14-7(8)2/h7-9H,3-6,11H2,1-2H3/t7-,8+,9-/m0/s1. The van der Waals surface area contributed by atoms with Crippen molar-refractivity contribution in [3.05, 3.63) is 0 Å². The molecule has 1 saturated heterocycles. The molecule has 0 spiro atoms. The van der Waals surface area contributed by atoms with E-state index >= 15 is 0 Å². The van der Waals surface area contributed by atoms with Gasteiger partial charge >= 0.3 is 5.97 Å². The fourth-order valence-electron chi connectivity index (χ4n) is 1.65. The molecule has 0 aliphatic carbocycles. The van der Waals surface area contributed by atoms with Crippen LogP contribution in [0.15, 0.2) is 0 Å². The summed E-state index contributed by atoms with van der Waals surface area (Å²) in [6.07, 6.45) is 1.87. The molecule has 82 valence electrons. The van der Waals surface area contributed by atoms with E-state index in [0.717, 1.165) is 12.8 Å². The molecule has 1 heterocycles. The number of esters is 1. The smallest absolute Gasteiger partial charge is 0.325 e. The molecule has 1 aliphatic rings. The maximum Gasteiger partial charge on any atom is 0.325 e. The lowest BCUT2D eigenvalue weighted by atomic mass is 9.97. The molecule has 1 rings (SSSR count). The molecular formula is C10H19NO3. The Hall–Kier alpha value is -0.610. The summed E-state index contributed by atoms with van der Waals surface area (Å²) < 4.78 is 10.5. The zero-order chi connectivity index (χ0) is 10.6. The fourth-order valence-corrected chi connectivity index (χ4v) is 1.65. The second-order valence-electron chi connectivity index (χ2n) is 3.78. The van der Waals surface area contributed by atoms with Crippen LogP contribution in [-0.4, -0.2) is 31.3 Å². The number of carbonyl (C=O) groups is 1. The zero-order valence-electron chi connectivity index (χ0n) is 8.86. The predicted molar refractivity (Wildman–Crippen MR) is 52.7 cm³/mol. The average Bonchev–Trinajstić information content (AvgIpc) is 2.21. The van der Waals surface area contributed by atoms with Gasteiger partial charge in [-0.3, -0.25) is 4.79 Å². The Balaban J connectivity index is 2.59. The van der Waals surface area contributed by atoms with Crippen LogP contribution in [0, 0.1) is 5.92 Å². The van der Waals surface area contributed by atoms with Crippen molar-refractivity contribution >= 4 is 5.97 Å². The van der Waals surface area contributed by atoms with Gasteiger partial charge in [0.15, 0.2) is 0 Å². The summed E-state index contributed by atoms with van der Waals surface area (Å²) in [5.74, 6) is 0.0297. The van der Waals surface area contributed by atoms with E-state index in [2.05, 4.69) is 6.92 Å². The second kappa shape index (κ2) is 5.32. The van der Waals surface area contributed by atoms with Crippen molar-refractivity contribution in [2.45, 2.75) is 38.8 Å². The first-order chi connectivity index (χ1) is 6.65. The van der Waals surface area contributed by atoms with Gasteiger partial charge in [-0.05, 0) is 25.7 Å². The number of cyclic esters (lactones) is 1. The molecule has 0 saturated carbocycles. The highest BCUT2D eigenvalue weighted by Gasteiger charge is 2.25. The highest BCUT2D eigenvalue weighted by molar-refractivity contribution is 5.75. The van der Waals surface area contributed by atoms with Crippen molar-refractivity contribution in [2.75, 3.05) is 13.2 Å². The van der Waals surface area contributed by atoms with Gasteiger partial charge in [0.1, 0.15) is 12.1 Å². The molecule has 3 atom stereocenters. The van der Waals surface area contributed by atoms with Crippen molar-refractivity contribution in [1.29, 1.82) is 0 Å². The second-order valence-corrected chi connectivity index (χ2v) is 3.78. The molecule has 1 fully saturated rings. The first kappa shape index (κ1) is 11.5. The summed E-state index contributed by atoms with van der Waals surface area (Å²) >= 11 is 0. The topological polar surface area (TPSA) is 61.5 Å². The van der Waals surface area contributed by atoms with Gasteiger partial charge in [0.05, 0.1) is 6.61 Å². The minimum absolute atomic E-state index is 0.0553. The van der Waals surface area contributed by atoms with Crippen molar-refractivity contribution in [3.8, 4) is 0 Å². The van der Waals surface area contributed by atoms with E-state index in [9.17, 15) is 4.79 Å². The quantitative estimate of drug-likeness (QED) is 0.634. The molecule has 4 heteroatoms. The molecular weight excluding hydrogens is 182 g/mol. The van der Waals surface area contributed by atoms with E-state index in [1.807, 2.05) is 6.92 Å². The summed E-state index contributed by atoms with van der Waals surface area (Å²) in [4.78, 5) is 11.4. The van der Waals surface area contributed by atoms with Crippen LogP contribution in [0.2, 0.25) is 0 Å².